The molecule has 0 spiro atoms. The lowest BCUT2D eigenvalue weighted by atomic mass is 10.1. The van der Waals surface area contributed by atoms with Gasteiger partial charge in [0, 0.05) is 34.0 Å². The van der Waals surface area contributed by atoms with Crippen molar-refractivity contribution in [2.75, 3.05) is 19.5 Å². The van der Waals surface area contributed by atoms with Crippen LogP contribution in [0, 0.1) is 5.82 Å². The fraction of sp³-hybridized carbons (Fsp3) is 0.0606. The standard InChI is InChI=1S/C33H27FN2O5/c1-40-27-18-14-23(31(21-27)41-2)15-19-30(37)22-12-16-26(17-13-22)35-33(39)29(20-25-10-6-7-11-28(25)34)36-32(38)24-8-4-3-5-9-24/h3-21H,1-2H3,(H,35,39)(H,36,38)/b19-15+,29-20-. The van der Waals surface area contributed by atoms with Crippen LogP contribution in [-0.2, 0) is 4.79 Å². The third-order valence-corrected chi connectivity index (χ3v) is 6.02. The summed E-state index contributed by atoms with van der Waals surface area (Å²) in [6.07, 6.45) is 4.33. The number of halogens is 1. The Balaban J connectivity index is 1.49. The number of rotatable bonds is 10. The third-order valence-electron chi connectivity index (χ3n) is 6.02. The lowest BCUT2D eigenvalue weighted by Crippen LogP contribution is -2.30. The number of anilines is 1. The van der Waals surface area contributed by atoms with Gasteiger partial charge < -0.3 is 20.1 Å². The molecule has 41 heavy (non-hydrogen) atoms. The van der Waals surface area contributed by atoms with Crippen molar-refractivity contribution in [2.24, 2.45) is 0 Å². The van der Waals surface area contributed by atoms with Crippen LogP contribution in [0.1, 0.15) is 31.8 Å². The molecule has 0 unspecified atom stereocenters. The van der Waals surface area contributed by atoms with Crippen molar-refractivity contribution in [3.05, 3.63) is 137 Å². The van der Waals surface area contributed by atoms with Crippen LogP contribution >= 0.6 is 0 Å². The fourth-order valence-corrected chi connectivity index (χ4v) is 3.82. The Morgan fingerprint density at radius 3 is 2.15 bits per heavy atom. The van der Waals surface area contributed by atoms with Crippen LogP contribution in [-0.4, -0.2) is 31.8 Å². The molecule has 0 heterocycles. The van der Waals surface area contributed by atoms with Gasteiger partial charge in [-0.25, -0.2) is 4.39 Å². The maximum absolute atomic E-state index is 14.3. The Kier molecular flexibility index (Phi) is 9.41. The summed E-state index contributed by atoms with van der Waals surface area (Å²) in [5.41, 5.74) is 1.79. The van der Waals surface area contributed by atoms with E-state index in [9.17, 15) is 18.8 Å². The van der Waals surface area contributed by atoms with Gasteiger partial charge in [0.15, 0.2) is 5.78 Å². The number of benzene rings is 4. The van der Waals surface area contributed by atoms with Crippen LogP contribution in [0.3, 0.4) is 0 Å². The van der Waals surface area contributed by atoms with E-state index in [0.717, 1.165) is 0 Å². The zero-order chi connectivity index (χ0) is 29.2. The van der Waals surface area contributed by atoms with Crippen molar-refractivity contribution < 1.29 is 28.2 Å². The van der Waals surface area contributed by atoms with E-state index in [-0.39, 0.29) is 17.0 Å². The van der Waals surface area contributed by atoms with Gasteiger partial charge in [0.05, 0.1) is 14.2 Å². The number of nitrogens with one attached hydrogen (secondary N) is 2. The van der Waals surface area contributed by atoms with Crippen molar-refractivity contribution in [3.8, 4) is 11.5 Å². The molecule has 0 aromatic heterocycles. The van der Waals surface area contributed by atoms with Gasteiger partial charge in [-0.2, -0.15) is 0 Å². The third kappa shape index (κ3) is 7.54. The highest BCUT2D eigenvalue weighted by Crippen LogP contribution is 2.26. The molecule has 0 aliphatic rings. The molecule has 0 atom stereocenters. The number of hydrogen-bond acceptors (Lipinski definition) is 5. The number of carbonyl (C=O) groups is 3. The first-order valence-corrected chi connectivity index (χ1v) is 12.6. The van der Waals surface area contributed by atoms with Crippen LogP contribution in [0.2, 0.25) is 0 Å². The van der Waals surface area contributed by atoms with Crippen molar-refractivity contribution in [1.82, 2.24) is 5.32 Å². The van der Waals surface area contributed by atoms with Crippen molar-refractivity contribution in [1.29, 1.82) is 0 Å². The Hall–Kier alpha value is -5.50. The van der Waals surface area contributed by atoms with Gasteiger partial charge in [-0.05, 0) is 72.8 Å². The van der Waals surface area contributed by atoms with Gasteiger partial charge in [0.25, 0.3) is 11.8 Å². The monoisotopic (exact) mass is 550 g/mol. The predicted octanol–water partition coefficient (Wildman–Crippen LogP) is 6.15. The molecule has 2 N–H and O–H groups in total. The lowest BCUT2D eigenvalue weighted by Gasteiger charge is -2.12. The average Bonchev–Trinajstić information content (AvgIpc) is 3.01. The normalized spacial score (nSPS) is 11.1. The van der Waals surface area contributed by atoms with E-state index < -0.39 is 17.6 Å². The Morgan fingerprint density at radius 2 is 1.46 bits per heavy atom. The van der Waals surface area contributed by atoms with E-state index in [1.165, 1.54) is 37.5 Å². The molecule has 0 aliphatic heterocycles. The highest BCUT2D eigenvalue weighted by atomic mass is 19.1. The highest BCUT2D eigenvalue weighted by Gasteiger charge is 2.16. The molecule has 0 saturated carbocycles. The number of methoxy groups -OCH3 is 2. The second-order valence-electron chi connectivity index (χ2n) is 8.74. The van der Waals surface area contributed by atoms with Gasteiger partial charge in [-0.3, -0.25) is 14.4 Å². The first-order valence-electron chi connectivity index (χ1n) is 12.6. The minimum Gasteiger partial charge on any atom is -0.497 e. The van der Waals surface area contributed by atoms with E-state index in [4.69, 9.17) is 9.47 Å². The van der Waals surface area contributed by atoms with Gasteiger partial charge in [-0.1, -0.05) is 36.4 Å². The van der Waals surface area contributed by atoms with Crippen molar-refractivity contribution >= 4 is 35.4 Å². The van der Waals surface area contributed by atoms with Gasteiger partial charge in [0.1, 0.15) is 23.0 Å². The summed E-state index contributed by atoms with van der Waals surface area (Å²) in [7, 11) is 3.09. The molecule has 4 aromatic carbocycles. The van der Waals surface area contributed by atoms with E-state index in [1.807, 2.05) is 0 Å². The second kappa shape index (κ2) is 13.5. The largest absolute Gasteiger partial charge is 0.497 e. The Morgan fingerprint density at radius 1 is 0.756 bits per heavy atom. The first kappa shape index (κ1) is 28.5. The zero-order valence-corrected chi connectivity index (χ0v) is 22.4. The smallest absolute Gasteiger partial charge is 0.272 e. The molecule has 8 heteroatoms. The maximum atomic E-state index is 14.3. The van der Waals surface area contributed by atoms with E-state index in [1.54, 1.807) is 92.0 Å². The number of allylic oxidation sites excluding steroid dienone is 1. The van der Waals surface area contributed by atoms with Crippen LogP contribution in [0.4, 0.5) is 10.1 Å². The summed E-state index contributed by atoms with van der Waals surface area (Å²) in [6.45, 7) is 0. The molecule has 0 saturated heterocycles. The summed E-state index contributed by atoms with van der Waals surface area (Å²) in [4.78, 5) is 38.7. The fourth-order valence-electron chi connectivity index (χ4n) is 3.82. The molecular formula is C33H27FN2O5. The summed E-state index contributed by atoms with van der Waals surface area (Å²) in [5.74, 6) is -0.793. The van der Waals surface area contributed by atoms with E-state index in [2.05, 4.69) is 10.6 Å². The SMILES string of the molecule is COc1ccc(/C=C/C(=O)c2ccc(NC(=O)/C(=C/c3ccccc3F)NC(=O)c3ccccc3)cc2)c(OC)c1. The van der Waals surface area contributed by atoms with Gasteiger partial charge in [0.2, 0.25) is 0 Å². The molecule has 206 valence electrons. The molecule has 4 aromatic rings. The predicted molar refractivity (Wildman–Crippen MR) is 156 cm³/mol. The van der Waals surface area contributed by atoms with Crippen LogP contribution in [0.25, 0.3) is 12.2 Å². The first-order chi connectivity index (χ1) is 19.9. The summed E-state index contributed by atoms with van der Waals surface area (Å²) in [6, 6.07) is 25.8. The Bertz CT molecular complexity index is 1610. The van der Waals surface area contributed by atoms with Gasteiger partial charge >= 0.3 is 0 Å². The number of ketones is 1. The summed E-state index contributed by atoms with van der Waals surface area (Å²) in [5, 5.41) is 5.26. The minimum absolute atomic E-state index is 0.132. The van der Waals surface area contributed by atoms with Crippen LogP contribution in [0.5, 0.6) is 11.5 Å². The van der Waals surface area contributed by atoms with E-state index in [0.29, 0.717) is 33.9 Å². The molecule has 2 amide bonds. The quantitative estimate of drug-likeness (QED) is 0.183. The number of amides is 2. The average molecular weight is 551 g/mol. The van der Waals surface area contributed by atoms with Crippen LogP contribution in [0.15, 0.2) is 109 Å². The summed E-state index contributed by atoms with van der Waals surface area (Å²) >= 11 is 0. The second-order valence-corrected chi connectivity index (χ2v) is 8.74. The topological polar surface area (TPSA) is 93.7 Å². The molecular weight excluding hydrogens is 523 g/mol. The number of ether oxygens (including phenoxy) is 2. The van der Waals surface area contributed by atoms with Crippen molar-refractivity contribution in [3.63, 3.8) is 0 Å². The minimum atomic E-state index is -0.664. The number of hydrogen-bond donors (Lipinski definition) is 2. The zero-order valence-electron chi connectivity index (χ0n) is 22.4. The lowest BCUT2D eigenvalue weighted by molar-refractivity contribution is -0.113. The molecule has 0 fully saturated rings. The molecule has 7 nitrogen and oxygen atoms in total. The molecule has 0 radical (unpaired) electrons. The van der Waals surface area contributed by atoms with E-state index >= 15 is 0 Å². The summed E-state index contributed by atoms with van der Waals surface area (Å²) < 4.78 is 24.9. The molecule has 4 rings (SSSR count). The molecule has 0 aliphatic carbocycles. The highest BCUT2D eigenvalue weighted by molar-refractivity contribution is 6.11. The van der Waals surface area contributed by atoms with Crippen LogP contribution < -0.4 is 20.1 Å². The van der Waals surface area contributed by atoms with Gasteiger partial charge in [-0.15, -0.1) is 0 Å². The Labute approximate surface area is 236 Å². The number of carbonyl (C=O) groups excluding carboxylic acids is 3. The molecule has 0 bridgehead atoms. The maximum Gasteiger partial charge on any atom is 0.272 e. The van der Waals surface area contributed by atoms with Crippen molar-refractivity contribution in [2.45, 2.75) is 0 Å².